The standard InChI is InChI=1S/C20H27N5O4/c1-3-25-12-21-10-14(25)11-23-18(27)13-8-16(17(26)9-13)24-19(28)15-6-5-7-22-20(15)29-4-2/h5-7,10,12-13,16-17,26H,3-4,8-9,11H2,1-2H3,(H,23,27)(H,24,28)/t13-,16-,17-/m0/s1. The SMILES string of the molecule is CCOc1ncccc1C(=O)N[C@H]1C[C@H](C(=O)NCc2cncn2CC)C[C@@H]1O. The van der Waals surface area contributed by atoms with E-state index in [0.717, 1.165) is 12.2 Å². The second-order valence-corrected chi connectivity index (χ2v) is 6.99. The molecule has 0 aliphatic heterocycles. The first kappa shape index (κ1) is 20.8. The normalized spacial score (nSPS) is 21.0. The van der Waals surface area contributed by atoms with E-state index in [1.165, 1.54) is 0 Å². The number of ether oxygens (including phenoxy) is 1. The van der Waals surface area contributed by atoms with Crippen LogP contribution >= 0.6 is 0 Å². The number of nitrogens with zero attached hydrogens (tertiary/aromatic N) is 3. The molecule has 1 aliphatic carbocycles. The van der Waals surface area contributed by atoms with Crippen LogP contribution in [-0.2, 0) is 17.9 Å². The third-order valence-corrected chi connectivity index (χ3v) is 5.10. The van der Waals surface area contributed by atoms with Crippen molar-refractivity contribution in [3.63, 3.8) is 0 Å². The van der Waals surface area contributed by atoms with E-state index < -0.39 is 12.1 Å². The average molecular weight is 401 g/mol. The van der Waals surface area contributed by atoms with Crippen LogP contribution in [0.5, 0.6) is 5.88 Å². The van der Waals surface area contributed by atoms with Crippen LogP contribution in [0.3, 0.4) is 0 Å². The Morgan fingerprint density at radius 2 is 2.17 bits per heavy atom. The lowest BCUT2D eigenvalue weighted by atomic mass is 10.1. The fourth-order valence-electron chi connectivity index (χ4n) is 3.55. The van der Waals surface area contributed by atoms with Gasteiger partial charge < -0.3 is 25.0 Å². The molecule has 3 N–H and O–H groups in total. The van der Waals surface area contributed by atoms with Crippen molar-refractivity contribution in [2.24, 2.45) is 5.92 Å². The van der Waals surface area contributed by atoms with E-state index >= 15 is 0 Å². The fraction of sp³-hybridized carbons (Fsp3) is 0.500. The lowest BCUT2D eigenvalue weighted by Gasteiger charge is -2.17. The van der Waals surface area contributed by atoms with Gasteiger partial charge in [0, 0.05) is 24.9 Å². The number of hydrogen-bond donors (Lipinski definition) is 3. The number of carbonyl (C=O) groups excluding carboxylic acids is 2. The summed E-state index contributed by atoms with van der Waals surface area (Å²) < 4.78 is 7.34. The predicted octanol–water partition coefficient (Wildman–Crippen LogP) is 0.882. The second kappa shape index (κ2) is 9.51. The highest BCUT2D eigenvalue weighted by Gasteiger charge is 2.38. The molecular weight excluding hydrogens is 374 g/mol. The monoisotopic (exact) mass is 401 g/mol. The van der Waals surface area contributed by atoms with Crippen molar-refractivity contribution >= 4 is 11.8 Å². The molecule has 0 spiro atoms. The van der Waals surface area contributed by atoms with Gasteiger partial charge in [0.05, 0.1) is 37.3 Å². The maximum absolute atomic E-state index is 12.6. The van der Waals surface area contributed by atoms with Gasteiger partial charge in [0.15, 0.2) is 0 Å². The maximum Gasteiger partial charge on any atom is 0.257 e. The molecule has 0 saturated heterocycles. The molecule has 1 aliphatic rings. The van der Waals surface area contributed by atoms with E-state index in [1.807, 2.05) is 18.4 Å². The third kappa shape index (κ3) is 4.92. The summed E-state index contributed by atoms with van der Waals surface area (Å²) in [5, 5.41) is 16.1. The van der Waals surface area contributed by atoms with Crippen LogP contribution in [0, 0.1) is 5.92 Å². The smallest absolute Gasteiger partial charge is 0.257 e. The first-order chi connectivity index (χ1) is 14.0. The first-order valence-electron chi connectivity index (χ1n) is 9.86. The minimum Gasteiger partial charge on any atom is -0.477 e. The van der Waals surface area contributed by atoms with Crippen LogP contribution in [0.2, 0.25) is 0 Å². The largest absolute Gasteiger partial charge is 0.477 e. The van der Waals surface area contributed by atoms with Crippen LogP contribution in [0.4, 0.5) is 0 Å². The number of aromatic nitrogens is 3. The van der Waals surface area contributed by atoms with Gasteiger partial charge in [0.1, 0.15) is 5.56 Å². The number of nitrogens with one attached hydrogen (secondary N) is 2. The summed E-state index contributed by atoms with van der Waals surface area (Å²) in [5.74, 6) is -0.630. The van der Waals surface area contributed by atoms with Gasteiger partial charge in [-0.2, -0.15) is 0 Å². The van der Waals surface area contributed by atoms with E-state index in [2.05, 4.69) is 20.6 Å². The van der Waals surface area contributed by atoms with Crippen LogP contribution < -0.4 is 15.4 Å². The van der Waals surface area contributed by atoms with Crippen LogP contribution in [0.25, 0.3) is 0 Å². The lowest BCUT2D eigenvalue weighted by Crippen LogP contribution is -2.40. The van der Waals surface area contributed by atoms with Crippen molar-refractivity contribution in [1.82, 2.24) is 25.2 Å². The van der Waals surface area contributed by atoms with Gasteiger partial charge in [-0.3, -0.25) is 9.59 Å². The molecule has 156 valence electrons. The topological polar surface area (TPSA) is 118 Å². The zero-order valence-corrected chi connectivity index (χ0v) is 16.7. The Bertz CT molecular complexity index is 853. The highest BCUT2D eigenvalue weighted by molar-refractivity contribution is 5.96. The predicted molar refractivity (Wildman–Crippen MR) is 105 cm³/mol. The minimum atomic E-state index is -0.789. The number of carbonyl (C=O) groups is 2. The number of rotatable bonds is 8. The zero-order valence-electron chi connectivity index (χ0n) is 16.7. The van der Waals surface area contributed by atoms with Crippen molar-refractivity contribution in [2.45, 2.75) is 51.9 Å². The van der Waals surface area contributed by atoms with Crippen molar-refractivity contribution in [3.05, 3.63) is 42.1 Å². The van der Waals surface area contributed by atoms with Gasteiger partial charge in [-0.05, 0) is 38.8 Å². The Kier molecular flexibility index (Phi) is 6.82. The first-order valence-corrected chi connectivity index (χ1v) is 9.86. The highest BCUT2D eigenvalue weighted by Crippen LogP contribution is 2.27. The van der Waals surface area contributed by atoms with Gasteiger partial charge in [-0.25, -0.2) is 9.97 Å². The minimum absolute atomic E-state index is 0.138. The molecule has 0 radical (unpaired) electrons. The molecule has 29 heavy (non-hydrogen) atoms. The van der Waals surface area contributed by atoms with Gasteiger partial charge >= 0.3 is 0 Å². The quantitative estimate of drug-likeness (QED) is 0.604. The Morgan fingerprint density at radius 1 is 1.34 bits per heavy atom. The van der Waals surface area contributed by atoms with Crippen LogP contribution in [0.15, 0.2) is 30.9 Å². The van der Waals surface area contributed by atoms with Gasteiger partial charge in [0.2, 0.25) is 11.8 Å². The number of aliphatic hydroxyl groups excluding tert-OH is 1. The molecule has 2 heterocycles. The van der Waals surface area contributed by atoms with Gasteiger partial charge in [-0.15, -0.1) is 0 Å². The van der Waals surface area contributed by atoms with E-state index in [0.29, 0.717) is 31.6 Å². The lowest BCUT2D eigenvalue weighted by molar-refractivity contribution is -0.125. The highest BCUT2D eigenvalue weighted by atomic mass is 16.5. The molecule has 3 atom stereocenters. The van der Waals surface area contributed by atoms with E-state index in [9.17, 15) is 14.7 Å². The number of pyridine rings is 1. The molecule has 2 aromatic rings. The summed E-state index contributed by atoms with van der Waals surface area (Å²) in [4.78, 5) is 33.3. The molecule has 2 aromatic heterocycles. The summed E-state index contributed by atoms with van der Waals surface area (Å²) in [5.41, 5.74) is 1.23. The molecule has 0 aromatic carbocycles. The Hall–Kier alpha value is -2.94. The van der Waals surface area contributed by atoms with Crippen molar-refractivity contribution < 1.29 is 19.4 Å². The third-order valence-electron chi connectivity index (χ3n) is 5.10. The Balaban J connectivity index is 1.56. The second-order valence-electron chi connectivity index (χ2n) is 6.99. The number of amides is 2. The number of aliphatic hydroxyl groups is 1. The molecular formula is C20H27N5O4. The van der Waals surface area contributed by atoms with E-state index in [-0.39, 0.29) is 23.6 Å². The van der Waals surface area contributed by atoms with Crippen LogP contribution in [-0.4, -0.2) is 50.2 Å². The molecule has 9 heteroatoms. The molecule has 1 fully saturated rings. The molecule has 0 unspecified atom stereocenters. The molecule has 1 saturated carbocycles. The summed E-state index contributed by atoms with van der Waals surface area (Å²) in [6.45, 7) is 5.37. The van der Waals surface area contributed by atoms with Crippen molar-refractivity contribution in [1.29, 1.82) is 0 Å². The van der Waals surface area contributed by atoms with Crippen LogP contribution in [0.1, 0.15) is 42.7 Å². The summed E-state index contributed by atoms with van der Waals surface area (Å²) in [6.07, 6.45) is 4.88. The van der Waals surface area contributed by atoms with Crippen molar-refractivity contribution in [2.75, 3.05) is 6.61 Å². The zero-order chi connectivity index (χ0) is 20.8. The number of aryl methyl sites for hydroxylation is 1. The molecule has 0 bridgehead atoms. The van der Waals surface area contributed by atoms with Crippen molar-refractivity contribution in [3.8, 4) is 5.88 Å². The number of imidazole rings is 1. The number of hydrogen-bond acceptors (Lipinski definition) is 6. The maximum atomic E-state index is 12.6. The van der Waals surface area contributed by atoms with E-state index in [4.69, 9.17) is 4.74 Å². The molecule has 3 rings (SSSR count). The van der Waals surface area contributed by atoms with Gasteiger partial charge in [0.25, 0.3) is 5.91 Å². The molecule has 9 nitrogen and oxygen atoms in total. The van der Waals surface area contributed by atoms with Gasteiger partial charge in [-0.1, -0.05) is 0 Å². The Labute approximate surface area is 169 Å². The summed E-state index contributed by atoms with van der Waals surface area (Å²) in [7, 11) is 0. The fourth-order valence-corrected chi connectivity index (χ4v) is 3.55. The molecule has 2 amide bonds. The average Bonchev–Trinajstić information content (AvgIpc) is 3.33. The Morgan fingerprint density at radius 3 is 2.93 bits per heavy atom. The van der Waals surface area contributed by atoms with E-state index in [1.54, 1.807) is 30.9 Å². The summed E-state index contributed by atoms with van der Waals surface area (Å²) in [6, 6.07) is 2.77. The summed E-state index contributed by atoms with van der Waals surface area (Å²) >= 11 is 0.